The zero-order valence-electron chi connectivity index (χ0n) is 8.98. The van der Waals surface area contributed by atoms with Gasteiger partial charge in [-0.15, -0.1) is 0 Å². The molecule has 0 bridgehead atoms. The van der Waals surface area contributed by atoms with Gasteiger partial charge >= 0.3 is 0 Å². The molecule has 0 fully saturated rings. The van der Waals surface area contributed by atoms with Gasteiger partial charge in [-0.25, -0.2) is 0 Å². The summed E-state index contributed by atoms with van der Waals surface area (Å²) in [4.78, 5) is 0. The molecule has 0 spiro atoms. The van der Waals surface area contributed by atoms with Gasteiger partial charge in [-0.05, 0) is 40.2 Å². The molecule has 0 atom stereocenters. The monoisotopic (exact) mass is 364 g/mol. The summed E-state index contributed by atoms with van der Waals surface area (Å²) in [6.07, 6.45) is 0. The average molecular weight is 366 g/mol. The third-order valence-electron chi connectivity index (χ3n) is 2.20. The van der Waals surface area contributed by atoms with Crippen molar-refractivity contribution in [1.29, 1.82) is 0 Å². The molecule has 0 radical (unpaired) electrons. The standard InChI is InChI=1S/C12H8BrCl3N2/c13-8-3-1-2-4-11(8)17-18-12-9(15)5-7(14)6-10(12)16/h1-6,17-18H. The number of benzene rings is 2. The van der Waals surface area contributed by atoms with Crippen molar-refractivity contribution in [2.24, 2.45) is 0 Å². The number of halogens is 4. The largest absolute Gasteiger partial charge is 0.300 e. The Morgan fingerprint density at radius 1 is 0.889 bits per heavy atom. The molecule has 0 unspecified atom stereocenters. The van der Waals surface area contributed by atoms with Crippen LogP contribution < -0.4 is 10.9 Å². The molecule has 2 N–H and O–H groups in total. The molecule has 0 aliphatic rings. The summed E-state index contributed by atoms with van der Waals surface area (Å²) in [5.74, 6) is 0. The number of hydrogen-bond donors (Lipinski definition) is 2. The molecule has 0 heterocycles. The smallest absolute Gasteiger partial charge is 0.0913 e. The minimum absolute atomic E-state index is 0.451. The normalized spacial score (nSPS) is 10.2. The van der Waals surface area contributed by atoms with E-state index in [0.717, 1.165) is 10.2 Å². The molecular weight excluding hydrogens is 358 g/mol. The van der Waals surface area contributed by atoms with Gasteiger partial charge in [0.1, 0.15) is 0 Å². The van der Waals surface area contributed by atoms with Crippen LogP contribution in [-0.2, 0) is 0 Å². The fraction of sp³-hybridized carbons (Fsp3) is 0. The molecule has 18 heavy (non-hydrogen) atoms. The SMILES string of the molecule is Clc1cc(Cl)c(NNc2ccccc2Br)c(Cl)c1. The predicted molar refractivity (Wildman–Crippen MR) is 82.9 cm³/mol. The van der Waals surface area contributed by atoms with Crippen LogP contribution in [0.4, 0.5) is 11.4 Å². The van der Waals surface area contributed by atoms with E-state index in [-0.39, 0.29) is 0 Å². The third kappa shape index (κ3) is 3.23. The maximum atomic E-state index is 6.06. The van der Waals surface area contributed by atoms with Crippen LogP contribution >= 0.6 is 50.7 Å². The Morgan fingerprint density at radius 3 is 2.11 bits per heavy atom. The van der Waals surface area contributed by atoms with Crippen LogP contribution in [0.5, 0.6) is 0 Å². The molecule has 2 aromatic carbocycles. The third-order valence-corrected chi connectivity index (χ3v) is 3.71. The van der Waals surface area contributed by atoms with E-state index in [0.29, 0.717) is 20.8 Å². The van der Waals surface area contributed by atoms with Crippen molar-refractivity contribution in [1.82, 2.24) is 0 Å². The van der Waals surface area contributed by atoms with E-state index in [1.54, 1.807) is 12.1 Å². The number of anilines is 2. The first-order chi connectivity index (χ1) is 8.58. The summed E-state index contributed by atoms with van der Waals surface area (Å²) in [5, 5.41) is 1.40. The number of hydrazine groups is 1. The Hall–Kier alpha value is -0.610. The fourth-order valence-corrected chi connectivity index (χ4v) is 2.65. The molecule has 0 saturated heterocycles. The Labute approximate surface area is 128 Å². The summed E-state index contributed by atoms with van der Waals surface area (Å²) in [7, 11) is 0. The summed E-state index contributed by atoms with van der Waals surface area (Å²) in [6.45, 7) is 0. The number of hydrogen-bond acceptors (Lipinski definition) is 2. The van der Waals surface area contributed by atoms with Crippen LogP contribution in [0.3, 0.4) is 0 Å². The van der Waals surface area contributed by atoms with Crippen LogP contribution in [0.2, 0.25) is 15.1 Å². The van der Waals surface area contributed by atoms with E-state index in [9.17, 15) is 0 Å². The van der Waals surface area contributed by atoms with E-state index < -0.39 is 0 Å². The second-order valence-electron chi connectivity index (χ2n) is 3.47. The molecule has 0 aliphatic heterocycles. The highest BCUT2D eigenvalue weighted by atomic mass is 79.9. The molecule has 2 nitrogen and oxygen atoms in total. The maximum absolute atomic E-state index is 6.06. The fourth-order valence-electron chi connectivity index (χ4n) is 1.35. The second kappa shape index (κ2) is 6.02. The Bertz CT molecular complexity index is 552. The van der Waals surface area contributed by atoms with Gasteiger partial charge in [-0.3, -0.25) is 10.9 Å². The summed E-state index contributed by atoms with van der Waals surface area (Å²) < 4.78 is 0.929. The van der Waals surface area contributed by atoms with Crippen molar-refractivity contribution in [3.63, 3.8) is 0 Å². The van der Waals surface area contributed by atoms with Gasteiger partial charge < -0.3 is 0 Å². The van der Waals surface area contributed by atoms with Crippen molar-refractivity contribution in [3.05, 3.63) is 55.9 Å². The minimum Gasteiger partial charge on any atom is -0.300 e. The molecule has 0 saturated carbocycles. The van der Waals surface area contributed by atoms with Crippen molar-refractivity contribution < 1.29 is 0 Å². The highest BCUT2D eigenvalue weighted by Crippen LogP contribution is 2.34. The molecule has 0 amide bonds. The summed E-state index contributed by atoms with van der Waals surface area (Å²) >= 11 is 21.4. The quantitative estimate of drug-likeness (QED) is 0.666. The van der Waals surface area contributed by atoms with E-state index >= 15 is 0 Å². The number of rotatable bonds is 3. The lowest BCUT2D eigenvalue weighted by molar-refractivity contribution is 1.40. The average Bonchev–Trinajstić information content (AvgIpc) is 2.30. The van der Waals surface area contributed by atoms with Gasteiger partial charge in [0.05, 0.1) is 21.4 Å². The lowest BCUT2D eigenvalue weighted by atomic mass is 10.3. The topological polar surface area (TPSA) is 24.1 Å². The van der Waals surface area contributed by atoms with Crippen LogP contribution in [0.1, 0.15) is 0 Å². The molecule has 6 heteroatoms. The zero-order chi connectivity index (χ0) is 13.1. The van der Waals surface area contributed by atoms with E-state index in [2.05, 4.69) is 26.8 Å². The Morgan fingerprint density at radius 2 is 1.50 bits per heavy atom. The molecular formula is C12H8BrCl3N2. The molecule has 2 rings (SSSR count). The van der Waals surface area contributed by atoms with Crippen LogP contribution in [0, 0.1) is 0 Å². The lowest BCUT2D eigenvalue weighted by Crippen LogP contribution is -2.09. The van der Waals surface area contributed by atoms with Crippen LogP contribution in [0.15, 0.2) is 40.9 Å². The van der Waals surface area contributed by atoms with Crippen LogP contribution in [-0.4, -0.2) is 0 Å². The maximum Gasteiger partial charge on any atom is 0.0913 e. The van der Waals surface area contributed by atoms with Gasteiger partial charge in [0.15, 0.2) is 0 Å². The number of nitrogens with one attached hydrogen (secondary N) is 2. The summed E-state index contributed by atoms with van der Waals surface area (Å²) in [6, 6.07) is 10.9. The Kier molecular flexibility index (Phi) is 4.62. The molecule has 0 aliphatic carbocycles. The highest BCUT2D eigenvalue weighted by Gasteiger charge is 2.07. The number of para-hydroxylation sites is 1. The van der Waals surface area contributed by atoms with Crippen molar-refractivity contribution in [3.8, 4) is 0 Å². The Balaban J connectivity index is 2.19. The van der Waals surface area contributed by atoms with Gasteiger partial charge in [-0.1, -0.05) is 46.9 Å². The first-order valence-electron chi connectivity index (χ1n) is 4.99. The van der Waals surface area contributed by atoms with Gasteiger partial charge in [-0.2, -0.15) is 0 Å². The van der Waals surface area contributed by atoms with Gasteiger partial charge in [0, 0.05) is 9.50 Å². The van der Waals surface area contributed by atoms with Gasteiger partial charge in [0.2, 0.25) is 0 Å². The minimum atomic E-state index is 0.451. The zero-order valence-corrected chi connectivity index (χ0v) is 12.8. The molecule has 94 valence electrons. The van der Waals surface area contributed by atoms with E-state index in [1.807, 2.05) is 24.3 Å². The lowest BCUT2D eigenvalue weighted by Gasteiger charge is -2.14. The van der Waals surface area contributed by atoms with Crippen LogP contribution in [0.25, 0.3) is 0 Å². The predicted octanol–water partition coefficient (Wildman–Crippen LogP) is 5.85. The molecule has 2 aromatic rings. The first-order valence-corrected chi connectivity index (χ1v) is 6.91. The summed E-state index contributed by atoms with van der Waals surface area (Å²) in [5.41, 5.74) is 7.44. The van der Waals surface area contributed by atoms with Gasteiger partial charge in [0.25, 0.3) is 0 Å². The van der Waals surface area contributed by atoms with Crippen molar-refractivity contribution >= 4 is 62.1 Å². The van der Waals surface area contributed by atoms with E-state index in [1.165, 1.54) is 0 Å². The molecule has 0 aromatic heterocycles. The first kappa shape index (κ1) is 13.8. The van der Waals surface area contributed by atoms with E-state index in [4.69, 9.17) is 34.8 Å². The second-order valence-corrected chi connectivity index (χ2v) is 5.58. The van der Waals surface area contributed by atoms with Crippen molar-refractivity contribution in [2.75, 3.05) is 10.9 Å². The van der Waals surface area contributed by atoms with Crippen molar-refractivity contribution in [2.45, 2.75) is 0 Å². The highest BCUT2D eigenvalue weighted by molar-refractivity contribution is 9.10.